The van der Waals surface area contributed by atoms with Crippen LogP contribution >= 0.6 is 0 Å². The summed E-state index contributed by atoms with van der Waals surface area (Å²) in [5.74, 6) is 1.65. The molecule has 1 N–H and O–H groups in total. The Morgan fingerprint density at radius 1 is 0.931 bits per heavy atom. The Kier molecular flexibility index (Phi) is 8.34. The van der Waals surface area contributed by atoms with Gasteiger partial charge in [0.2, 0.25) is 5.91 Å². The summed E-state index contributed by atoms with van der Waals surface area (Å²) in [5.41, 5.74) is 1.36. The SMILES string of the molecule is COc1ccc(OCCNC(=O)CCN2CCN(Cc3ccccc3)CC2)cc1. The van der Waals surface area contributed by atoms with Gasteiger partial charge >= 0.3 is 0 Å². The van der Waals surface area contributed by atoms with E-state index in [0.29, 0.717) is 19.6 Å². The van der Waals surface area contributed by atoms with E-state index < -0.39 is 0 Å². The first kappa shape index (κ1) is 21.1. The number of piperazine rings is 1. The molecule has 1 saturated heterocycles. The third-order valence-corrected chi connectivity index (χ3v) is 5.12. The lowest BCUT2D eigenvalue weighted by molar-refractivity contribution is -0.121. The normalized spacial score (nSPS) is 15.1. The van der Waals surface area contributed by atoms with E-state index in [-0.39, 0.29) is 5.91 Å². The predicted molar refractivity (Wildman–Crippen MR) is 114 cm³/mol. The molecule has 0 unspecified atom stereocenters. The van der Waals surface area contributed by atoms with Gasteiger partial charge in [0.1, 0.15) is 18.1 Å². The highest BCUT2D eigenvalue weighted by Crippen LogP contribution is 2.16. The van der Waals surface area contributed by atoms with Gasteiger partial charge in [-0.15, -0.1) is 0 Å². The van der Waals surface area contributed by atoms with Gasteiger partial charge in [0, 0.05) is 45.7 Å². The van der Waals surface area contributed by atoms with Crippen LogP contribution in [0.25, 0.3) is 0 Å². The van der Waals surface area contributed by atoms with Gasteiger partial charge in [0.05, 0.1) is 13.7 Å². The second-order valence-electron chi connectivity index (χ2n) is 7.23. The second-order valence-corrected chi connectivity index (χ2v) is 7.23. The van der Waals surface area contributed by atoms with Gasteiger partial charge in [0.25, 0.3) is 0 Å². The van der Waals surface area contributed by atoms with E-state index in [2.05, 4.69) is 45.4 Å². The molecule has 0 aromatic heterocycles. The average Bonchev–Trinajstić information content (AvgIpc) is 2.77. The van der Waals surface area contributed by atoms with E-state index in [1.165, 1.54) is 5.56 Å². The van der Waals surface area contributed by atoms with Crippen LogP contribution in [0.2, 0.25) is 0 Å². The van der Waals surface area contributed by atoms with Crippen molar-refractivity contribution in [1.29, 1.82) is 0 Å². The van der Waals surface area contributed by atoms with E-state index in [1.54, 1.807) is 7.11 Å². The van der Waals surface area contributed by atoms with Gasteiger partial charge in [-0.3, -0.25) is 9.69 Å². The van der Waals surface area contributed by atoms with Gasteiger partial charge in [-0.05, 0) is 29.8 Å². The lowest BCUT2D eigenvalue weighted by Crippen LogP contribution is -2.46. The van der Waals surface area contributed by atoms with Gasteiger partial charge in [-0.2, -0.15) is 0 Å². The maximum absolute atomic E-state index is 12.1. The van der Waals surface area contributed by atoms with Crippen LogP contribution in [0.5, 0.6) is 11.5 Å². The molecular formula is C23H31N3O3. The monoisotopic (exact) mass is 397 g/mol. The topological polar surface area (TPSA) is 54.0 Å². The number of carbonyl (C=O) groups is 1. The average molecular weight is 398 g/mol. The van der Waals surface area contributed by atoms with E-state index in [1.807, 2.05) is 24.3 Å². The molecule has 0 aliphatic carbocycles. The molecule has 0 radical (unpaired) electrons. The predicted octanol–water partition coefficient (Wildman–Crippen LogP) is 2.40. The molecule has 2 aromatic rings. The largest absolute Gasteiger partial charge is 0.497 e. The number of hydrogen-bond acceptors (Lipinski definition) is 5. The van der Waals surface area contributed by atoms with Crippen LogP contribution in [-0.2, 0) is 11.3 Å². The Bertz CT molecular complexity index is 729. The summed E-state index contributed by atoms with van der Waals surface area (Å²) in [6.07, 6.45) is 0.529. The van der Waals surface area contributed by atoms with E-state index in [4.69, 9.17) is 9.47 Å². The third kappa shape index (κ3) is 7.40. The zero-order chi connectivity index (χ0) is 20.3. The number of rotatable bonds is 10. The molecule has 1 heterocycles. The molecule has 0 bridgehead atoms. The van der Waals surface area contributed by atoms with Crippen LogP contribution in [0.1, 0.15) is 12.0 Å². The van der Waals surface area contributed by atoms with Crippen molar-refractivity contribution in [3.05, 3.63) is 60.2 Å². The molecule has 3 rings (SSSR count). The summed E-state index contributed by atoms with van der Waals surface area (Å²) >= 11 is 0. The maximum atomic E-state index is 12.1. The molecular weight excluding hydrogens is 366 g/mol. The minimum Gasteiger partial charge on any atom is -0.497 e. The number of methoxy groups -OCH3 is 1. The number of nitrogens with zero attached hydrogens (tertiary/aromatic N) is 2. The molecule has 0 atom stereocenters. The highest BCUT2D eigenvalue weighted by molar-refractivity contribution is 5.76. The van der Waals surface area contributed by atoms with Crippen LogP contribution in [0, 0.1) is 0 Å². The second kappa shape index (κ2) is 11.4. The number of carbonyl (C=O) groups excluding carboxylic acids is 1. The van der Waals surface area contributed by atoms with Gasteiger partial charge in [0.15, 0.2) is 0 Å². The molecule has 1 fully saturated rings. The van der Waals surface area contributed by atoms with E-state index in [9.17, 15) is 4.79 Å². The van der Waals surface area contributed by atoms with Gasteiger partial charge < -0.3 is 19.7 Å². The van der Waals surface area contributed by atoms with Crippen molar-refractivity contribution < 1.29 is 14.3 Å². The Hall–Kier alpha value is -2.57. The van der Waals surface area contributed by atoms with Crippen LogP contribution < -0.4 is 14.8 Å². The first-order valence-electron chi connectivity index (χ1n) is 10.2. The minimum absolute atomic E-state index is 0.0787. The lowest BCUT2D eigenvalue weighted by atomic mass is 10.2. The number of ether oxygens (including phenoxy) is 2. The number of amides is 1. The molecule has 1 aliphatic heterocycles. The highest BCUT2D eigenvalue weighted by Gasteiger charge is 2.17. The van der Waals surface area contributed by atoms with E-state index >= 15 is 0 Å². The number of hydrogen-bond donors (Lipinski definition) is 1. The number of benzene rings is 2. The van der Waals surface area contributed by atoms with Crippen molar-refractivity contribution in [3.63, 3.8) is 0 Å². The summed E-state index contributed by atoms with van der Waals surface area (Å²) < 4.78 is 10.7. The van der Waals surface area contributed by atoms with Gasteiger partial charge in [-0.25, -0.2) is 0 Å². The summed E-state index contributed by atoms with van der Waals surface area (Å²) in [6, 6.07) is 18.0. The fourth-order valence-electron chi connectivity index (χ4n) is 3.39. The first-order valence-corrected chi connectivity index (χ1v) is 10.2. The zero-order valence-electron chi connectivity index (χ0n) is 17.2. The molecule has 156 valence electrons. The standard InChI is InChI=1S/C23H31N3O3/c1-28-21-7-9-22(10-8-21)29-18-12-24-23(27)11-13-25-14-16-26(17-15-25)19-20-5-3-2-4-6-20/h2-10H,11-19H2,1H3,(H,24,27). The molecule has 29 heavy (non-hydrogen) atoms. The maximum Gasteiger partial charge on any atom is 0.221 e. The Labute approximate surface area is 173 Å². The van der Waals surface area contributed by atoms with Crippen LogP contribution in [0.15, 0.2) is 54.6 Å². The molecule has 6 heteroatoms. The quantitative estimate of drug-likeness (QED) is 0.624. The first-order chi connectivity index (χ1) is 14.2. The molecule has 6 nitrogen and oxygen atoms in total. The Morgan fingerprint density at radius 3 is 2.28 bits per heavy atom. The van der Waals surface area contributed by atoms with Crippen LogP contribution in [0.4, 0.5) is 0 Å². The van der Waals surface area contributed by atoms with Crippen molar-refractivity contribution in [2.75, 3.05) is 53.0 Å². The third-order valence-electron chi connectivity index (χ3n) is 5.12. The van der Waals surface area contributed by atoms with Crippen LogP contribution in [-0.4, -0.2) is 68.7 Å². The number of nitrogens with one attached hydrogen (secondary N) is 1. The molecule has 1 aliphatic rings. The Morgan fingerprint density at radius 2 is 1.59 bits per heavy atom. The zero-order valence-corrected chi connectivity index (χ0v) is 17.2. The summed E-state index contributed by atoms with van der Waals surface area (Å²) in [4.78, 5) is 16.9. The fourth-order valence-corrected chi connectivity index (χ4v) is 3.39. The van der Waals surface area contributed by atoms with Crippen molar-refractivity contribution >= 4 is 5.91 Å². The van der Waals surface area contributed by atoms with E-state index in [0.717, 1.165) is 50.8 Å². The highest BCUT2D eigenvalue weighted by atomic mass is 16.5. The summed E-state index contributed by atoms with van der Waals surface area (Å²) in [6.45, 7) is 6.90. The molecule has 1 amide bonds. The van der Waals surface area contributed by atoms with Crippen molar-refractivity contribution in [2.24, 2.45) is 0 Å². The molecule has 2 aromatic carbocycles. The Balaban J connectivity index is 1.24. The van der Waals surface area contributed by atoms with Crippen LogP contribution in [0.3, 0.4) is 0 Å². The smallest absolute Gasteiger partial charge is 0.221 e. The van der Waals surface area contributed by atoms with Gasteiger partial charge in [-0.1, -0.05) is 30.3 Å². The molecule has 0 spiro atoms. The lowest BCUT2D eigenvalue weighted by Gasteiger charge is -2.34. The van der Waals surface area contributed by atoms with Crippen molar-refractivity contribution in [3.8, 4) is 11.5 Å². The van der Waals surface area contributed by atoms with Crippen molar-refractivity contribution in [1.82, 2.24) is 15.1 Å². The summed E-state index contributed by atoms with van der Waals surface area (Å²) in [7, 11) is 1.63. The fraction of sp³-hybridized carbons (Fsp3) is 0.435. The minimum atomic E-state index is 0.0787. The molecule has 0 saturated carbocycles. The summed E-state index contributed by atoms with van der Waals surface area (Å²) in [5, 5.41) is 2.93. The van der Waals surface area contributed by atoms with Crippen molar-refractivity contribution in [2.45, 2.75) is 13.0 Å².